The Kier molecular flexibility index (Phi) is 6.33. The number of sulfone groups is 1. The molecule has 0 aliphatic carbocycles. The van der Waals surface area contributed by atoms with Gasteiger partial charge in [0.1, 0.15) is 0 Å². The van der Waals surface area contributed by atoms with Gasteiger partial charge in [-0.15, -0.1) is 6.58 Å². The van der Waals surface area contributed by atoms with Crippen molar-refractivity contribution in [3.8, 4) is 0 Å². The Bertz CT molecular complexity index is 1160. The summed E-state index contributed by atoms with van der Waals surface area (Å²) in [6.45, 7) is 5.72. The summed E-state index contributed by atoms with van der Waals surface area (Å²) in [5.74, 6) is -0.489. The lowest BCUT2D eigenvalue weighted by Crippen LogP contribution is -2.41. The van der Waals surface area contributed by atoms with Gasteiger partial charge >= 0.3 is 0 Å². The first-order chi connectivity index (χ1) is 14.1. The summed E-state index contributed by atoms with van der Waals surface area (Å²) in [6.07, 6.45) is 1.89. The number of nitrogens with one attached hydrogen (secondary N) is 1. The maximum absolute atomic E-state index is 13.1. The quantitative estimate of drug-likeness (QED) is 0.656. The van der Waals surface area contributed by atoms with Gasteiger partial charge in [-0.3, -0.25) is 9.52 Å². The van der Waals surface area contributed by atoms with Crippen molar-refractivity contribution in [1.29, 1.82) is 0 Å². The van der Waals surface area contributed by atoms with Crippen LogP contribution in [0.5, 0.6) is 0 Å². The first kappa shape index (κ1) is 22.0. The van der Waals surface area contributed by atoms with Crippen LogP contribution in [0.25, 0.3) is 0 Å². The van der Waals surface area contributed by atoms with E-state index in [0.29, 0.717) is 12.1 Å². The second kappa shape index (κ2) is 8.61. The summed E-state index contributed by atoms with van der Waals surface area (Å²) in [7, 11) is -7.07. The molecule has 0 bridgehead atoms. The van der Waals surface area contributed by atoms with Crippen LogP contribution >= 0.6 is 0 Å². The van der Waals surface area contributed by atoms with Crippen LogP contribution < -0.4 is 4.72 Å². The molecular weight excluding hydrogens is 424 g/mol. The summed E-state index contributed by atoms with van der Waals surface area (Å²) in [5, 5.41) is 0. The third kappa shape index (κ3) is 5.09. The zero-order valence-electron chi connectivity index (χ0n) is 16.6. The Labute approximate surface area is 177 Å². The molecule has 1 aliphatic rings. The molecule has 2 aromatic carbocycles. The van der Waals surface area contributed by atoms with E-state index in [2.05, 4.69) is 11.3 Å². The van der Waals surface area contributed by atoms with Gasteiger partial charge in [0.2, 0.25) is 0 Å². The molecule has 9 heteroatoms. The van der Waals surface area contributed by atoms with E-state index in [1.54, 1.807) is 24.3 Å². The molecule has 0 saturated carbocycles. The van der Waals surface area contributed by atoms with E-state index < -0.39 is 31.8 Å². The number of aryl methyl sites for hydroxylation is 1. The molecule has 2 aromatic rings. The smallest absolute Gasteiger partial charge is 0.261 e. The number of carbonyl (C=O) groups is 1. The summed E-state index contributed by atoms with van der Waals surface area (Å²) < 4.78 is 51.7. The fourth-order valence-corrected chi connectivity index (χ4v) is 6.19. The van der Waals surface area contributed by atoms with Crippen molar-refractivity contribution in [2.24, 2.45) is 0 Å². The zero-order chi connectivity index (χ0) is 21.9. The normalized spacial score (nSPS) is 18.0. The molecule has 1 amide bonds. The molecule has 1 atom stereocenters. The maximum Gasteiger partial charge on any atom is 0.261 e. The Morgan fingerprint density at radius 3 is 2.53 bits per heavy atom. The minimum absolute atomic E-state index is 0.0352. The van der Waals surface area contributed by atoms with Crippen molar-refractivity contribution in [3.05, 3.63) is 72.3 Å². The van der Waals surface area contributed by atoms with Crippen LogP contribution in [0.4, 0.5) is 5.69 Å². The predicted molar refractivity (Wildman–Crippen MR) is 117 cm³/mol. The van der Waals surface area contributed by atoms with Crippen molar-refractivity contribution < 1.29 is 21.6 Å². The van der Waals surface area contributed by atoms with E-state index in [0.717, 1.165) is 5.56 Å². The second-order valence-electron chi connectivity index (χ2n) is 7.30. The lowest BCUT2D eigenvalue weighted by atomic mass is 10.1. The van der Waals surface area contributed by atoms with Gasteiger partial charge < -0.3 is 4.90 Å². The largest absolute Gasteiger partial charge is 0.331 e. The van der Waals surface area contributed by atoms with E-state index in [9.17, 15) is 21.6 Å². The number of rotatable bonds is 7. The molecule has 1 unspecified atom stereocenters. The Morgan fingerprint density at radius 1 is 1.23 bits per heavy atom. The molecule has 3 rings (SSSR count). The van der Waals surface area contributed by atoms with Crippen molar-refractivity contribution >= 4 is 31.5 Å². The fourth-order valence-electron chi connectivity index (χ4n) is 3.36. The SMILES string of the molecule is C=CCN(C(=O)c1cccc(S(=O)(=O)Nc2ccc(C)cc2)c1)C1CCS(=O)(=O)C1. The minimum atomic E-state index is -3.89. The Hall–Kier alpha value is -2.65. The topological polar surface area (TPSA) is 101 Å². The average molecular weight is 449 g/mol. The van der Waals surface area contributed by atoms with Gasteiger partial charge in [-0.05, 0) is 43.7 Å². The van der Waals surface area contributed by atoms with Crippen LogP contribution in [0.2, 0.25) is 0 Å². The molecule has 1 saturated heterocycles. The van der Waals surface area contributed by atoms with Crippen LogP contribution in [0.3, 0.4) is 0 Å². The Morgan fingerprint density at radius 2 is 1.93 bits per heavy atom. The van der Waals surface area contributed by atoms with E-state index in [1.165, 1.54) is 35.2 Å². The first-order valence-corrected chi connectivity index (χ1v) is 12.7. The minimum Gasteiger partial charge on any atom is -0.331 e. The maximum atomic E-state index is 13.1. The fraction of sp³-hybridized carbons (Fsp3) is 0.286. The number of nitrogens with zero attached hydrogens (tertiary/aromatic N) is 1. The predicted octanol–water partition coefficient (Wildman–Crippen LogP) is 2.61. The highest BCUT2D eigenvalue weighted by molar-refractivity contribution is 7.92. The van der Waals surface area contributed by atoms with E-state index in [1.807, 2.05) is 6.92 Å². The highest BCUT2D eigenvalue weighted by Crippen LogP contribution is 2.22. The standard InChI is InChI=1S/C21H24N2O5S2/c1-3-12-23(19-11-13-29(25,26)15-19)21(24)17-5-4-6-20(14-17)30(27,28)22-18-9-7-16(2)8-10-18/h3-10,14,19,22H,1,11-13,15H2,2H3. The van der Waals surface area contributed by atoms with E-state index >= 15 is 0 Å². The van der Waals surface area contributed by atoms with Gasteiger partial charge in [-0.1, -0.05) is 29.8 Å². The second-order valence-corrected chi connectivity index (χ2v) is 11.2. The summed E-state index contributed by atoms with van der Waals surface area (Å²) >= 11 is 0. The zero-order valence-corrected chi connectivity index (χ0v) is 18.2. The molecule has 1 N–H and O–H groups in total. The van der Waals surface area contributed by atoms with Crippen molar-refractivity contribution in [2.45, 2.75) is 24.3 Å². The van der Waals surface area contributed by atoms with Gasteiger partial charge in [0, 0.05) is 23.8 Å². The molecule has 0 aromatic heterocycles. The summed E-state index contributed by atoms with van der Waals surface area (Å²) in [5.41, 5.74) is 1.59. The van der Waals surface area contributed by atoms with Gasteiger partial charge in [0.25, 0.3) is 15.9 Å². The number of anilines is 1. The molecule has 1 aliphatic heterocycles. The molecule has 160 valence electrons. The number of amides is 1. The first-order valence-electron chi connectivity index (χ1n) is 9.43. The molecule has 0 radical (unpaired) electrons. The number of hydrogen-bond acceptors (Lipinski definition) is 5. The number of benzene rings is 2. The average Bonchev–Trinajstić information content (AvgIpc) is 3.07. The number of sulfonamides is 1. The number of hydrogen-bond donors (Lipinski definition) is 1. The van der Waals surface area contributed by atoms with Crippen LogP contribution in [-0.2, 0) is 19.9 Å². The van der Waals surface area contributed by atoms with Crippen molar-refractivity contribution in [3.63, 3.8) is 0 Å². The third-order valence-electron chi connectivity index (χ3n) is 4.93. The molecule has 30 heavy (non-hydrogen) atoms. The Balaban J connectivity index is 1.86. The number of carbonyl (C=O) groups excluding carboxylic acids is 1. The van der Waals surface area contributed by atoms with Crippen LogP contribution in [-0.4, -0.2) is 51.7 Å². The van der Waals surface area contributed by atoms with Crippen LogP contribution in [0.1, 0.15) is 22.3 Å². The summed E-state index contributed by atoms with van der Waals surface area (Å²) in [4.78, 5) is 14.5. The molecule has 1 fully saturated rings. The highest BCUT2D eigenvalue weighted by atomic mass is 32.2. The van der Waals surface area contributed by atoms with Crippen LogP contribution in [0, 0.1) is 6.92 Å². The van der Waals surface area contributed by atoms with Gasteiger partial charge in [0.05, 0.1) is 16.4 Å². The van der Waals surface area contributed by atoms with Crippen molar-refractivity contribution in [1.82, 2.24) is 4.90 Å². The monoisotopic (exact) mass is 448 g/mol. The van der Waals surface area contributed by atoms with Crippen molar-refractivity contribution in [2.75, 3.05) is 22.8 Å². The molecule has 7 nitrogen and oxygen atoms in total. The summed E-state index contributed by atoms with van der Waals surface area (Å²) in [6, 6.07) is 12.2. The lowest BCUT2D eigenvalue weighted by Gasteiger charge is -2.27. The van der Waals surface area contributed by atoms with Crippen LogP contribution in [0.15, 0.2) is 66.1 Å². The molecule has 1 heterocycles. The van der Waals surface area contributed by atoms with E-state index in [-0.39, 0.29) is 28.5 Å². The van der Waals surface area contributed by atoms with Gasteiger partial charge in [0.15, 0.2) is 9.84 Å². The van der Waals surface area contributed by atoms with Gasteiger partial charge in [-0.25, -0.2) is 16.8 Å². The molecule has 0 spiro atoms. The third-order valence-corrected chi connectivity index (χ3v) is 8.06. The van der Waals surface area contributed by atoms with Gasteiger partial charge in [-0.2, -0.15) is 0 Å². The lowest BCUT2D eigenvalue weighted by molar-refractivity contribution is 0.0720. The molecular formula is C21H24N2O5S2. The highest BCUT2D eigenvalue weighted by Gasteiger charge is 2.34. The van der Waals surface area contributed by atoms with E-state index in [4.69, 9.17) is 0 Å².